The monoisotopic (exact) mass is 204 g/mol. The van der Waals surface area contributed by atoms with E-state index in [-0.39, 0.29) is 0 Å². The van der Waals surface area contributed by atoms with Crippen molar-refractivity contribution < 1.29 is 0 Å². The van der Waals surface area contributed by atoms with Gasteiger partial charge in [0, 0.05) is 31.4 Å². The first-order chi connectivity index (χ1) is 7.35. The SMILES string of the molecule is CCC1CN(CC)c2ccccc2CN1. The number of anilines is 1. The highest BCUT2D eigenvalue weighted by Gasteiger charge is 2.18. The predicted molar refractivity (Wildman–Crippen MR) is 65.2 cm³/mol. The van der Waals surface area contributed by atoms with Crippen LogP contribution in [-0.4, -0.2) is 19.1 Å². The molecule has 2 rings (SSSR count). The van der Waals surface area contributed by atoms with Gasteiger partial charge in [-0.15, -0.1) is 0 Å². The van der Waals surface area contributed by atoms with Crippen LogP contribution in [0.25, 0.3) is 0 Å². The number of likely N-dealkylation sites (N-methyl/N-ethyl adjacent to an activating group) is 1. The molecule has 0 aliphatic carbocycles. The highest BCUT2D eigenvalue weighted by atomic mass is 15.2. The van der Waals surface area contributed by atoms with E-state index in [1.165, 1.54) is 17.7 Å². The van der Waals surface area contributed by atoms with Crippen molar-refractivity contribution in [3.63, 3.8) is 0 Å². The van der Waals surface area contributed by atoms with Crippen LogP contribution in [0.4, 0.5) is 5.69 Å². The molecular weight excluding hydrogens is 184 g/mol. The molecule has 82 valence electrons. The molecule has 0 saturated heterocycles. The molecule has 1 aliphatic rings. The highest BCUT2D eigenvalue weighted by molar-refractivity contribution is 5.54. The van der Waals surface area contributed by atoms with Crippen molar-refractivity contribution >= 4 is 5.69 Å². The van der Waals surface area contributed by atoms with Crippen LogP contribution < -0.4 is 10.2 Å². The van der Waals surface area contributed by atoms with E-state index < -0.39 is 0 Å². The number of para-hydroxylation sites is 1. The van der Waals surface area contributed by atoms with Gasteiger partial charge in [0.2, 0.25) is 0 Å². The lowest BCUT2D eigenvalue weighted by atomic mass is 10.1. The Morgan fingerprint density at radius 3 is 2.87 bits per heavy atom. The van der Waals surface area contributed by atoms with Gasteiger partial charge in [-0.05, 0) is 25.0 Å². The van der Waals surface area contributed by atoms with E-state index in [1.807, 2.05) is 0 Å². The molecule has 2 heteroatoms. The molecule has 1 heterocycles. The highest BCUT2D eigenvalue weighted by Crippen LogP contribution is 2.23. The summed E-state index contributed by atoms with van der Waals surface area (Å²) in [6.07, 6.45) is 1.20. The van der Waals surface area contributed by atoms with E-state index in [4.69, 9.17) is 0 Å². The number of hydrogen-bond acceptors (Lipinski definition) is 2. The van der Waals surface area contributed by atoms with Gasteiger partial charge < -0.3 is 10.2 Å². The lowest BCUT2D eigenvalue weighted by Gasteiger charge is -2.25. The Bertz CT molecular complexity index is 322. The smallest absolute Gasteiger partial charge is 0.0412 e. The third kappa shape index (κ3) is 2.15. The van der Waals surface area contributed by atoms with Crippen LogP contribution >= 0.6 is 0 Å². The largest absolute Gasteiger partial charge is 0.370 e. The van der Waals surface area contributed by atoms with Gasteiger partial charge in [0.1, 0.15) is 0 Å². The van der Waals surface area contributed by atoms with E-state index >= 15 is 0 Å². The normalized spacial score (nSPS) is 20.9. The average molecular weight is 204 g/mol. The summed E-state index contributed by atoms with van der Waals surface area (Å²) >= 11 is 0. The minimum atomic E-state index is 0.623. The summed E-state index contributed by atoms with van der Waals surface area (Å²) in [5.74, 6) is 0. The van der Waals surface area contributed by atoms with Crippen molar-refractivity contribution in [1.29, 1.82) is 0 Å². The minimum absolute atomic E-state index is 0.623. The first-order valence-electron chi connectivity index (χ1n) is 5.91. The molecule has 1 aromatic rings. The van der Waals surface area contributed by atoms with Gasteiger partial charge in [-0.3, -0.25) is 0 Å². The van der Waals surface area contributed by atoms with E-state index in [2.05, 4.69) is 48.3 Å². The van der Waals surface area contributed by atoms with Crippen molar-refractivity contribution in [2.45, 2.75) is 32.9 Å². The van der Waals surface area contributed by atoms with E-state index in [0.29, 0.717) is 6.04 Å². The van der Waals surface area contributed by atoms with Gasteiger partial charge in [0.25, 0.3) is 0 Å². The summed E-state index contributed by atoms with van der Waals surface area (Å²) in [5, 5.41) is 3.61. The number of nitrogens with zero attached hydrogens (tertiary/aromatic N) is 1. The molecule has 1 N–H and O–H groups in total. The molecule has 1 aromatic carbocycles. The van der Waals surface area contributed by atoms with Crippen LogP contribution in [-0.2, 0) is 6.54 Å². The molecule has 0 saturated carbocycles. The Balaban J connectivity index is 2.28. The number of hydrogen-bond donors (Lipinski definition) is 1. The fraction of sp³-hybridized carbons (Fsp3) is 0.538. The number of fused-ring (bicyclic) bond motifs is 1. The maximum absolute atomic E-state index is 3.61. The van der Waals surface area contributed by atoms with E-state index in [1.54, 1.807) is 0 Å². The summed E-state index contributed by atoms with van der Waals surface area (Å²) in [4.78, 5) is 2.48. The van der Waals surface area contributed by atoms with Gasteiger partial charge in [0.15, 0.2) is 0 Å². The van der Waals surface area contributed by atoms with E-state index in [0.717, 1.165) is 19.6 Å². The summed E-state index contributed by atoms with van der Waals surface area (Å²) in [7, 11) is 0. The Morgan fingerprint density at radius 2 is 2.13 bits per heavy atom. The lowest BCUT2D eigenvalue weighted by molar-refractivity contribution is 0.505. The Morgan fingerprint density at radius 1 is 1.33 bits per heavy atom. The van der Waals surface area contributed by atoms with Crippen LogP contribution in [0.5, 0.6) is 0 Å². The van der Waals surface area contributed by atoms with Crippen molar-refractivity contribution in [3.8, 4) is 0 Å². The molecule has 0 radical (unpaired) electrons. The molecule has 0 aromatic heterocycles. The third-order valence-corrected chi connectivity index (χ3v) is 3.23. The summed E-state index contributed by atoms with van der Waals surface area (Å²) in [6, 6.07) is 9.34. The maximum Gasteiger partial charge on any atom is 0.0412 e. The maximum atomic E-state index is 3.61. The molecule has 0 amide bonds. The van der Waals surface area contributed by atoms with Crippen LogP contribution in [0.3, 0.4) is 0 Å². The first kappa shape index (κ1) is 10.5. The standard InChI is InChI=1S/C13H20N2/c1-3-12-10-15(4-2)13-8-6-5-7-11(13)9-14-12/h5-8,12,14H,3-4,9-10H2,1-2H3. The first-order valence-corrected chi connectivity index (χ1v) is 5.91. The second-order valence-corrected chi connectivity index (χ2v) is 4.15. The predicted octanol–water partition coefficient (Wildman–Crippen LogP) is 2.39. The van der Waals surface area contributed by atoms with E-state index in [9.17, 15) is 0 Å². The van der Waals surface area contributed by atoms with Crippen molar-refractivity contribution in [2.75, 3.05) is 18.0 Å². The molecular formula is C13H20N2. The van der Waals surface area contributed by atoms with Gasteiger partial charge in [-0.1, -0.05) is 25.1 Å². The zero-order valence-electron chi connectivity index (χ0n) is 9.66. The summed E-state index contributed by atoms with van der Waals surface area (Å²) in [5.41, 5.74) is 2.83. The summed E-state index contributed by atoms with van der Waals surface area (Å²) in [6.45, 7) is 7.71. The number of nitrogens with one attached hydrogen (secondary N) is 1. The van der Waals surface area contributed by atoms with Crippen LogP contribution in [0, 0.1) is 0 Å². The van der Waals surface area contributed by atoms with Crippen molar-refractivity contribution in [2.24, 2.45) is 0 Å². The van der Waals surface area contributed by atoms with Gasteiger partial charge >= 0.3 is 0 Å². The van der Waals surface area contributed by atoms with Crippen LogP contribution in [0.2, 0.25) is 0 Å². The Labute approximate surface area is 92.3 Å². The van der Waals surface area contributed by atoms with Crippen LogP contribution in [0.1, 0.15) is 25.8 Å². The van der Waals surface area contributed by atoms with Crippen molar-refractivity contribution in [3.05, 3.63) is 29.8 Å². The van der Waals surface area contributed by atoms with Gasteiger partial charge in [0.05, 0.1) is 0 Å². The van der Waals surface area contributed by atoms with Crippen LogP contribution in [0.15, 0.2) is 24.3 Å². The Hall–Kier alpha value is -1.02. The third-order valence-electron chi connectivity index (χ3n) is 3.23. The molecule has 15 heavy (non-hydrogen) atoms. The molecule has 0 spiro atoms. The summed E-state index contributed by atoms with van der Waals surface area (Å²) < 4.78 is 0. The fourth-order valence-corrected chi connectivity index (χ4v) is 2.22. The average Bonchev–Trinajstić information content (AvgIpc) is 2.48. The van der Waals surface area contributed by atoms with Gasteiger partial charge in [-0.25, -0.2) is 0 Å². The zero-order valence-corrected chi connectivity index (χ0v) is 9.66. The zero-order chi connectivity index (χ0) is 10.7. The second-order valence-electron chi connectivity index (χ2n) is 4.15. The second kappa shape index (κ2) is 4.67. The lowest BCUT2D eigenvalue weighted by Crippen LogP contribution is -2.37. The topological polar surface area (TPSA) is 15.3 Å². The fourth-order valence-electron chi connectivity index (χ4n) is 2.22. The van der Waals surface area contributed by atoms with Gasteiger partial charge in [-0.2, -0.15) is 0 Å². The molecule has 1 aliphatic heterocycles. The number of benzene rings is 1. The molecule has 0 bridgehead atoms. The quantitative estimate of drug-likeness (QED) is 0.795. The molecule has 0 fully saturated rings. The molecule has 1 unspecified atom stereocenters. The Kier molecular flexibility index (Phi) is 3.27. The molecule has 2 nitrogen and oxygen atoms in total. The van der Waals surface area contributed by atoms with Crippen molar-refractivity contribution in [1.82, 2.24) is 5.32 Å². The number of rotatable bonds is 2. The minimum Gasteiger partial charge on any atom is -0.370 e. The molecule has 1 atom stereocenters.